The minimum atomic E-state index is -2.61. The van der Waals surface area contributed by atoms with Crippen LogP contribution in [0.1, 0.15) is 0 Å². The molecule has 0 aromatic rings. The summed E-state index contributed by atoms with van der Waals surface area (Å²) in [6, 6.07) is 0. The quantitative estimate of drug-likeness (QED) is 0.289. The predicted octanol–water partition coefficient (Wildman–Crippen LogP) is -2.47. The van der Waals surface area contributed by atoms with E-state index in [2.05, 4.69) is 0 Å². The van der Waals surface area contributed by atoms with Crippen LogP contribution >= 0.6 is 0 Å². The van der Waals surface area contributed by atoms with Crippen LogP contribution in [0.5, 0.6) is 0 Å². The Morgan fingerprint density at radius 2 is 0.889 bits per heavy atom. The van der Waals surface area contributed by atoms with Crippen LogP contribution in [-0.4, -0.2) is 29.7 Å². The average Bonchev–Trinajstić information content (AvgIpc) is 0.811. The molecule has 0 spiro atoms. The highest BCUT2D eigenvalue weighted by Gasteiger charge is 1.62. The van der Waals surface area contributed by atoms with E-state index >= 15 is 0 Å². The minimum absolute atomic E-state index is 0. The maximum absolute atomic E-state index is 8.67. The molecule has 0 saturated carbocycles. The van der Waals surface area contributed by atoms with E-state index in [1.807, 2.05) is 0 Å². The summed E-state index contributed by atoms with van der Waals surface area (Å²) in [4.78, 5) is 0. The number of hydrogen-bond donors (Lipinski definition) is 4. The van der Waals surface area contributed by atoms with Crippen molar-refractivity contribution >= 4 is 11.4 Å². The van der Waals surface area contributed by atoms with E-state index < -0.39 is 11.4 Å². The van der Waals surface area contributed by atoms with Crippen LogP contribution in [0.4, 0.5) is 0 Å². The molecule has 8 nitrogen and oxygen atoms in total. The van der Waals surface area contributed by atoms with E-state index in [-0.39, 0.29) is 28.7 Å². The molecule has 0 atom stereocenters. The molecule has 0 aliphatic carbocycles. The first-order valence-electron chi connectivity index (χ1n) is 0.532. The van der Waals surface area contributed by atoms with Crippen molar-refractivity contribution in [1.82, 2.24) is 12.3 Å². The zero-order valence-corrected chi connectivity index (χ0v) is 5.44. The van der Waals surface area contributed by atoms with Crippen molar-refractivity contribution in [3.63, 3.8) is 0 Å². The normalized spacial score (nSPS) is 3.89. The number of rotatable bonds is 0. The van der Waals surface area contributed by atoms with E-state index in [4.69, 9.17) is 13.3 Å². The highest BCUT2D eigenvalue weighted by atomic mass is 32.2. The van der Waals surface area contributed by atoms with Gasteiger partial charge in [-0.25, -0.2) is 0 Å². The van der Waals surface area contributed by atoms with E-state index in [0.717, 1.165) is 0 Å². The van der Waals surface area contributed by atoms with Gasteiger partial charge < -0.3 is 28.7 Å². The van der Waals surface area contributed by atoms with Crippen LogP contribution in [0.15, 0.2) is 0 Å². The molecule has 0 aliphatic rings. The van der Waals surface area contributed by atoms with Gasteiger partial charge in [-0.3, -0.25) is 9.11 Å². The van der Waals surface area contributed by atoms with Crippen molar-refractivity contribution in [2.75, 3.05) is 0 Å². The van der Waals surface area contributed by atoms with Gasteiger partial charge in [0.25, 0.3) is 11.4 Å². The van der Waals surface area contributed by atoms with E-state index in [1.165, 1.54) is 0 Å². The van der Waals surface area contributed by atoms with Gasteiger partial charge in [-0.2, -0.15) is 4.21 Å². The predicted molar refractivity (Wildman–Crippen MR) is 34.3 cm³/mol. The summed E-state index contributed by atoms with van der Waals surface area (Å²) in [6.07, 6.45) is 0. The largest absolute Gasteiger partial charge is 0.412 e. The molecule has 0 bridgehead atoms. The fourth-order valence-electron chi connectivity index (χ4n) is 0. The fraction of sp³-hybridized carbons (Fsp3) is 0. The van der Waals surface area contributed by atoms with Gasteiger partial charge in [0.05, 0.1) is 0 Å². The molecular formula is H14N2O6S. The Hall–Kier alpha value is -0.130. The molecule has 9 heteroatoms. The van der Waals surface area contributed by atoms with Crippen molar-refractivity contribution in [3.8, 4) is 0 Å². The maximum atomic E-state index is 8.67. The lowest BCUT2D eigenvalue weighted by atomic mass is 14.0. The smallest absolute Gasteiger partial charge is 0.299 e. The van der Waals surface area contributed by atoms with Gasteiger partial charge >= 0.3 is 0 Å². The Morgan fingerprint density at radius 1 is 0.889 bits per heavy atom. The van der Waals surface area contributed by atoms with E-state index in [9.17, 15) is 0 Å². The Labute approximate surface area is 54.5 Å². The molecule has 0 fully saturated rings. The van der Waals surface area contributed by atoms with E-state index in [0.29, 0.717) is 0 Å². The SMILES string of the molecule is N.N.O.O.O.O=S(O)O. The van der Waals surface area contributed by atoms with Crippen molar-refractivity contribution in [2.45, 2.75) is 0 Å². The Kier molecular flexibility index (Phi) is 334. The summed E-state index contributed by atoms with van der Waals surface area (Å²) in [5.74, 6) is 0. The minimum Gasteiger partial charge on any atom is -0.412 e. The highest BCUT2D eigenvalue weighted by Crippen LogP contribution is 1.44. The standard InChI is InChI=1S/2H3N.H2O3S.3H2O/c;;1-4(2)3;;;/h2*1H3;(H2,1,2,3);3*1H2. The van der Waals surface area contributed by atoms with E-state index in [1.54, 1.807) is 0 Å². The maximum Gasteiger partial charge on any atom is 0.299 e. The van der Waals surface area contributed by atoms with Crippen molar-refractivity contribution in [1.29, 1.82) is 0 Å². The summed E-state index contributed by atoms with van der Waals surface area (Å²) in [6.45, 7) is 0. The van der Waals surface area contributed by atoms with Crippen molar-refractivity contribution < 1.29 is 29.7 Å². The summed E-state index contributed by atoms with van der Waals surface area (Å²) in [5.41, 5.74) is 0. The molecule has 14 N–H and O–H groups in total. The third-order valence-corrected chi connectivity index (χ3v) is 0. The van der Waals surface area contributed by atoms with Crippen LogP contribution in [-0.2, 0) is 11.4 Å². The molecule has 0 rings (SSSR count). The first-order chi connectivity index (χ1) is 1.73. The molecule has 0 amide bonds. The summed E-state index contributed by atoms with van der Waals surface area (Å²) >= 11 is -2.61. The lowest BCUT2D eigenvalue weighted by Gasteiger charge is -1.59. The monoisotopic (exact) mass is 170 g/mol. The molecule has 0 saturated heterocycles. The Morgan fingerprint density at radius 3 is 0.889 bits per heavy atom. The molecule has 0 aliphatic heterocycles. The summed E-state index contributed by atoms with van der Waals surface area (Å²) in [5, 5.41) is 0. The van der Waals surface area contributed by atoms with Gasteiger partial charge in [0, 0.05) is 0 Å². The van der Waals surface area contributed by atoms with Gasteiger partial charge in [-0.1, -0.05) is 0 Å². The lowest BCUT2D eigenvalue weighted by molar-refractivity contribution is 0.454. The topological polar surface area (TPSA) is 222 Å². The average molecular weight is 170 g/mol. The van der Waals surface area contributed by atoms with Gasteiger partial charge in [-0.05, 0) is 0 Å². The second-order valence-electron chi connectivity index (χ2n) is 0.231. The van der Waals surface area contributed by atoms with Crippen molar-refractivity contribution in [2.24, 2.45) is 0 Å². The second-order valence-corrected chi connectivity index (χ2v) is 0.692. The fourth-order valence-corrected chi connectivity index (χ4v) is 0. The Balaban J connectivity index is -0.00000000450. The van der Waals surface area contributed by atoms with Gasteiger partial charge in [0.2, 0.25) is 0 Å². The zero-order valence-electron chi connectivity index (χ0n) is 4.63. The summed E-state index contributed by atoms with van der Waals surface area (Å²) < 4.78 is 22.8. The zero-order chi connectivity index (χ0) is 3.58. The molecule has 0 aromatic carbocycles. The lowest BCUT2D eigenvalue weighted by Crippen LogP contribution is -1.74. The molecule has 0 heterocycles. The molecule has 9 heavy (non-hydrogen) atoms. The first-order valence-corrected chi connectivity index (χ1v) is 1.60. The molecule has 0 unspecified atom stereocenters. The highest BCUT2D eigenvalue weighted by molar-refractivity contribution is 7.73. The number of hydrogen-bond acceptors (Lipinski definition) is 3. The second kappa shape index (κ2) is 45.1. The van der Waals surface area contributed by atoms with Crippen LogP contribution in [0.25, 0.3) is 0 Å². The van der Waals surface area contributed by atoms with Gasteiger partial charge in [0.1, 0.15) is 0 Å². The summed E-state index contributed by atoms with van der Waals surface area (Å²) in [7, 11) is 0. The van der Waals surface area contributed by atoms with Crippen LogP contribution < -0.4 is 12.3 Å². The van der Waals surface area contributed by atoms with Crippen molar-refractivity contribution in [3.05, 3.63) is 0 Å². The Bertz CT molecular complexity index is 34.0. The third kappa shape index (κ3) is 16000. The molecule has 0 aromatic heterocycles. The molecule has 66 valence electrons. The van der Waals surface area contributed by atoms with Gasteiger partial charge in [-0.15, -0.1) is 0 Å². The molecule has 0 radical (unpaired) electrons. The third-order valence-electron chi connectivity index (χ3n) is 0. The van der Waals surface area contributed by atoms with Crippen LogP contribution in [0.3, 0.4) is 0 Å². The van der Waals surface area contributed by atoms with Crippen LogP contribution in [0.2, 0.25) is 0 Å². The van der Waals surface area contributed by atoms with Crippen LogP contribution in [0, 0.1) is 0 Å². The molecular weight excluding hydrogens is 156 g/mol. The first kappa shape index (κ1) is 66.7. The van der Waals surface area contributed by atoms with Gasteiger partial charge in [0.15, 0.2) is 0 Å².